The predicted molar refractivity (Wildman–Crippen MR) is 127 cm³/mol. The van der Waals surface area contributed by atoms with Crippen molar-refractivity contribution in [3.8, 4) is 11.3 Å². The fraction of sp³-hybridized carbons (Fsp3) is 0.231. The lowest BCUT2D eigenvalue weighted by atomic mass is 9.92. The van der Waals surface area contributed by atoms with Crippen LogP contribution in [0.25, 0.3) is 22.3 Å². The Morgan fingerprint density at radius 2 is 2.03 bits per heavy atom. The summed E-state index contributed by atoms with van der Waals surface area (Å²) in [7, 11) is 1.95. The van der Waals surface area contributed by atoms with Gasteiger partial charge in [0.05, 0.1) is 41.3 Å². The number of amides is 1. The molecule has 0 bridgehead atoms. The van der Waals surface area contributed by atoms with Gasteiger partial charge in [-0.2, -0.15) is 10.2 Å². The minimum atomic E-state index is -0.135. The Morgan fingerprint density at radius 3 is 2.85 bits per heavy atom. The fourth-order valence-electron chi connectivity index (χ4n) is 4.75. The number of rotatable bonds is 5. The first-order valence-corrected chi connectivity index (χ1v) is 11.4. The molecular formula is C26H24N6O2. The van der Waals surface area contributed by atoms with E-state index in [0.29, 0.717) is 23.1 Å². The number of carbonyl (C=O) groups excluding carboxylic acids is 1. The number of benzene rings is 1. The summed E-state index contributed by atoms with van der Waals surface area (Å²) >= 11 is 0. The van der Waals surface area contributed by atoms with Crippen LogP contribution in [0, 0.1) is 0 Å². The molecule has 1 aliphatic carbocycles. The molecule has 1 aromatic carbocycles. The highest BCUT2D eigenvalue weighted by molar-refractivity contribution is 6.06. The SMILES string of the molecule is Cn1ncc2c1CCCC2NC(=O)c1cc(-c2ccccc2)nc2c1cnn2Cc1ccco1. The number of furan rings is 1. The molecule has 1 unspecified atom stereocenters. The lowest BCUT2D eigenvalue weighted by Crippen LogP contribution is -2.31. The third-order valence-electron chi connectivity index (χ3n) is 6.49. The number of carbonyl (C=O) groups is 1. The van der Waals surface area contributed by atoms with Crippen LogP contribution in [0.1, 0.15) is 46.3 Å². The molecule has 8 nitrogen and oxygen atoms in total. The van der Waals surface area contributed by atoms with Crippen LogP contribution in [0.2, 0.25) is 0 Å². The van der Waals surface area contributed by atoms with E-state index >= 15 is 0 Å². The first-order chi connectivity index (χ1) is 16.7. The summed E-state index contributed by atoms with van der Waals surface area (Å²) < 4.78 is 9.19. The summed E-state index contributed by atoms with van der Waals surface area (Å²) in [5.41, 5.74) is 5.16. The molecule has 0 radical (unpaired) electrons. The van der Waals surface area contributed by atoms with E-state index in [1.165, 1.54) is 5.69 Å². The summed E-state index contributed by atoms with van der Waals surface area (Å²) in [5, 5.41) is 12.9. The van der Waals surface area contributed by atoms with Crippen LogP contribution in [0.15, 0.2) is 71.6 Å². The molecule has 170 valence electrons. The van der Waals surface area contributed by atoms with Crippen LogP contribution in [-0.2, 0) is 20.0 Å². The van der Waals surface area contributed by atoms with Crippen molar-refractivity contribution < 1.29 is 9.21 Å². The number of nitrogens with one attached hydrogen (secondary N) is 1. The van der Waals surface area contributed by atoms with Crippen LogP contribution in [-0.4, -0.2) is 30.5 Å². The van der Waals surface area contributed by atoms with E-state index < -0.39 is 0 Å². The van der Waals surface area contributed by atoms with Gasteiger partial charge in [-0.05, 0) is 37.5 Å². The average Bonchev–Trinajstić information content (AvgIpc) is 3.61. The van der Waals surface area contributed by atoms with Crippen molar-refractivity contribution >= 4 is 16.9 Å². The van der Waals surface area contributed by atoms with Crippen LogP contribution < -0.4 is 5.32 Å². The average molecular weight is 453 g/mol. The molecule has 4 aromatic heterocycles. The third-order valence-corrected chi connectivity index (χ3v) is 6.49. The predicted octanol–water partition coefficient (Wildman–Crippen LogP) is 4.28. The van der Waals surface area contributed by atoms with Gasteiger partial charge in [0.25, 0.3) is 5.91 Å². The van der Waals surface area contributed by atoms with E-state index in [2.05, 4.69) is 15.5 Å². The minimum absolute atomic E-state index is 0.0634. The van der Waals surface area contributed by atoms with E-state index in [0.717, 1.165) is 41.8 Å². The van der Waals surface area contributed by atoms with E-state index in [1.807, 2.05) is 66.5 Å². The number of nitrogens with zero attached hydrogens (tertiary/aromatic N) is 5. The first-order valence-electron chi connectivity index (χ1n) is 11.4. The summed E-state index contributed by atoms with van der Waals surface area (Å²) in [5.74, 6) is 0.637. The topological polar surface area (TPSA) is 90.8 Å². The first kappa shape index (κ1) is 20.4. The van der Waals surface area contributed by atoms with Gasteiger partial charge < -0.3 is 9.73 Å². The molecular weight excluding hydrogens is 428 g/mol. The highest BCUT2D eigenvalue weighted by Gasteiger charge is 2.26. The molecule has 8 heteroatoms. The normalized spacial score (nSPS) is 15.4. The van der Waals surface area contributed by atoms with E-state index in [9.17, 15) is 4.79 Å². The zero-order chi connectivity index (χ0) is 23.1. The number of pyridine rings is 1. The fourth-order valence-corrected chi connectivity index (χ4v) is 4.75. The van der Waals surface area contributed by atoms with Gasteiger partial charge in [-0.3, -0.25) is 9.48 Å². The molecule has 5 aromatic rings. The highest BCUT2D eigenvalue weighted by Crippen LogP contribution is 2.31. The molecule has 0 spiro atoms. The molecule has 0 aliphatic heterocycles. The quantitative estimate of drug-likeness (QED) is 0.430. The van der Waals surface area contributed by atoms with Gasteiger partial charge in [0.15, 0.2) is 5.65 Å². The summed E-state index contributed by atoms with van der Waals surface area (Å²) in [4.78, 5) is 18.5. The monoisotopic (exact) mass is 452 g/mol. The van der Waals surface area contributed by atoms with Crippen LogP contribution in [0.5, 0.6) is 0 Å². The Labute approximate surface area is 196 Å². The third kappa shape index (κ3) is 3.57. The van der Waals surface area contributed by atoms with Crippen molar-refractivity contribution in [3.63, 3.8) is 0 Å². The molecule has 1 atom stereocenters. The van der Waals surface area contributed by atoms with E-state index in [-0.39, 0.29) is 11.9 Å². The second-order valence-electron chi connectivity index (χ2n) is 8.63. The Balaban J connectivity index is 1.42. The minimum Gasteiger partial charge on any atom is -0.467 e. The second kappa shape index (κ2) is 8.30. The number of aromatic nitrogens is 5. The smallest absolute Gasteiger partial charge is 0.252 e. The highest BCUT2D eigenvalue weighted by atomic mass is 16.3. The van der Waals surface area contributed by atoms with Gasteiger partial charge in [-0.25, -0.2) is 9.67 Å². The van der Waals surface area contributed by atoms with Gasteiger partial charge in [-0.1, -0.05) is 30.3 Å². The van der Waals surface area contributed by atoms with Crippen LogP contribution in [0.4, 0.5) is 0 Å². The molecule has 6 rings (SSSR count). The largest absolute Gasteiger partial charge is 0.467 e. The molecule has 34 heavy (non-hydrogen) atoms. The van der Waals surface area contributed by atoms with Gasteiger partial charge >= 0.3 is 0 Å². The number of hydrogen-bond donors (Lipinski definition) is 1. The molecule has 4 heterocycles. The number of aryl methyl sites for hydroxylation is 1. The maximum Gasteiger partial charge on any atom is 0.252 e. The van der Waals surface area contributed by atoms with E-state index in [4.69, 9.17) is 9.40 Å². The standard InChI is InChI=1S/C26H24N6O2/c1-31-24-11-5-10-22(21(24)15-27-31)30-26(33)19-13-23(17-7-3-2-4-8-17)29-25-20(19)14-28-32(25)16-18-9-6-12-34-18/h2-4,6-9,12-15,22H,5,10-11,16H2,1H3,(H,30,33). The lowest BCUT2D eigenvalue weighted by molar-refractivity contribution is 0.0934. The van der Waals surface area contributed by atoms with Gasteiger partial charge in [-0.15, -0.1) is 0 Å². The molecule has 0 saturated carbocycles. The number of fused-ring (bicyclic) bond motifs is 2. The number of hydrogen-bond acceptors (Lipinski definition) is 5. The maximum absolute atomic E-state index is 13.6. The van der Waals surface area contributed by atoms with Crippen LogP contribution >= 0.6 is 0 Å². The van der Waals surface area contributed by atoms with Crippen molar-refractivity contribution in [2.75, 3.05) is 0 Å². The lowest BCUT2D eigenvalue weighted by Gasteiger charge is -2.24. The molecule has 0 saturated heterocycles. The summed E-state index contributed by atoms with van der Waals surface area (Å²) in [6, 6.07) is 15.4. The maximum atomic E-state index is 13.6. The van der Waals surface area contributed by atoms with Crippen molar-refractivity contribution in [2.24, 2.45) is 7.05 Å². The van der Waals surface area contributed by atoms with Crippen molar-refractivity contribution in [3.05, 3.63) is 89.8 Å². The summed E-state index contributed by atoms with van der Waals surface area (Å²) in [6.07, 6.45) is 8.11. The summed E-state index contributed by atoms with van der Waals surface area (Å²) in [6.45, 7) is 0.435. The zero-order valence-electron chi connectivity index (χ0n) is 18.8. The van der Waals surface area contributed by atoms with Crippen molar-refractivity contribution in [2.45, 2.75) is 31.8 Å². The zero-order valence-corrected chi connectivity index (χ0v) is 18.8. The molecule has 1 aliphatic rings. The Morgan fingerprint density at radius 1 is 1.15 bits per heavy atom. The molecule has 1 N–H and O–H groups in total. The Kier molecular flexibility index (Phi) is 4.98. The van der Waals surface area contributed by atoms with Crippen LogP contribution in [0.3, 0.4) is 0 Å². The van der Waals surface area contributed by atoms with Crippen molar-refractivity contribution in [1.82, 2.24) is 29.9 Å². The van der Waals surface area contributed by atoms with Gasteiger partial charge in [0.1, 0.15) is 12.3 Å². The van der Waals surface area contributed by atoms with Crippen molar-refractivity contribution in [1.29, 1.82) is 0 Å². The Hall–Kier alpha value is -4.20. The molecule has 0 fully saturated rings. The molecule has 1 amide bonds. The second-order valence-corrected chi connectivity index (χ2v) is 8.63. The van der Waals surface area contributed by atoms with Gasteiger partial charge in [0, 0.05) is 23.9 Å². The van der Waals surface area contributed by atoms with E-state index in [1.54, 1.807) is 17.1 Å². The van der Waals surface area contributed by atoms with Gasteiger partial charge in [0.2, 0.25) is 0 Å². The Bertz CT molecular complexity index is 1470.